The fraction of sp³-hybridized carbons (Fsp3) is 0.471. The van der Waals surface area contributed by atoms with Crippen molar-refractivity contribution in [3.8, 4) is 17.0 Å². The van der Waals surface area contributed by atoms with Gasteiger partial charge in [0.2, 0.25) is 0 Å². The van der Waals surface area contributed by atoms with Gasteiger partial charge >= 0.3 is 0 Å². The summed E-state index contributed by atoms with van der Waals surface area (Å²) in [5.74, 6) is 1.85. The van der Waals surface area contributed by atoms with Crippen molar-refractivity contribution in [3.63, 3.8) is 0 Å². The van der Waals surface area contributed by atoms with Gasteiger partial charge in [0.1, 0.15) is 17.2 Å². The molecule has 4 heteroatoms. The van der Waals surface area contributed by atoms with Crippen molar-refractivity contribution in [2.24, 2.45) is 0 Å². The Morgan fingerprint density at radius 3 is 2.67 bits per heavy atom. The van der Waals surface area contributed by atoms with Crippen molar-refractivity contribution in [2.75, 3.05) is 0 Å². The van der Waals surface area contributed by atoms with E-state index in [0.717, 1.165) is 35.1 Å². The van der Waals surface area contributed by atoms with Crippen LogP contribution < -0.4 is 10.1 Å². The lowest BCUT2D eigenvalue weighted by Gasteiger charge is -2.31. The predicted octanol–water partition coefficient (Wildman–Crippen LogP) is 3.59. The van der Waals surface area contributed by atoms with Crippen molar-refractivity contribution in [3.05, 3.63) is 35.8 Å². The standard InChI is InChI=1S/C17H23N3O/c1-16(2,3)18-10-13-19-14-11-8-6-7-9-12(11)21-17(4,5)15(14)20-13/h6-9,18H,10H2,1-5H3,(H,19,20). The second-order valence-electron chi connectivity index (χ2n) is 7.12. The molecule has 0 spiro atoms. The summed E-state index contributed by atoms with van der Waals surface area (Å²) < 4.78 is 6.11. The number of ether oxygens (including phenoxy) is 1. The topological polar surface area (TPSA) is 49.9 Å². The molecule has 2 N–H and O–H groups in total. The van der Waals surface area contributed by atoms with E-state index in [0.29, 0.717) is 0 Å². The molecule has 0 bridgehead atoms. The van der Waals surface area contributed by atoms with Gasteiger partial charge in [-0.3, -0.25) is 0 Å². The summed E-state index contributed by atoms with van der Waals surface area (Å²) in [6.07, 6.45) is 0. The van der Waals surface area contributed by atoms with E-state index in [1.54, 1.807) is 0 Å². The minimum absolute atomic E-state index is 0.0667. The first-order valence-corrected chi connectivity index (χ1v) is 7.39. The fourth-order valence-electron chi connectivity index (χ4n) is 2.56. The number of fused-ring (bicyclic) bond motifs is 3. The van der Waals surface area contributed by atoms with E-state index >= 15 is 0 Å². The predicted molar refractivity (Wildman–Crippen MR) is 84.3 cm³/mol. The molecular weight excluding hydrogens is 262 g/mol. The fourth-order valence-corrected chi connectivity index (χ4v) is 2.56. The molecule has 2 heterocycles. The Bertz CT molecular complexity index is 665. The van der Waals surface area contributed by atoms with Crippen LogP contribution in [0.15, 0.2) is 24.3 Å². The highest BCUT2D eigenvalue weighted by Gasteiger charge is 2.35. The van der Waals surface area contributed by atoms with E-state index in [1.165, 1.54) is 0 Å². The van der Waals surface area contributed by atoms with E-state index in [-0.39, 0.29) is 5.54 Å². The van der Waals surface area contributed by atoms with Gasteiger partial charge in [-0.2, -0.15) is 0 Å². The smallest absolute Gasteiger partial charge is 0.145 e. The maximum Gasteiger partial charge on any atom is 0.145 e. The average Bonchev–Trinajstić information content (AvgIpc) is 2.81. The first-order chi connectivity index (χ1) is 9.76. The van der Waals surface area contributed by atoms with Crippen LogP contribution in [0.2, 0.25) is 0 Å². The van der Waals surface area contributed by atoms with Crippen molar-refractivity contribution in [1.82, 2.24) is 15.3 Å². The molecule has 0 fully saturated rings. The van der Waals surface area contributed by atoms with Crippen molar-refractivity contribution < 1.29 is 4.74 Å². The van der Waals surface area contributed by atoms with Crippen LogP contribution in [0.5, 0.6) is 5.75 Å². The molecule has 0 atom stereocenters. The highest BCUT2D eigenvalue weighted by molar-refractivity contribution is 5.72. The Morgan fingerprint density at radius 2 is 1.95 bits per heavy atom. The summed E-state index contributed by atoms with van der Waals surface area (Å²) in [6.45, 7) is 11.3. The van der Waals surface area contributed by atoms with Crippen LogP contribution in [-0.4, -0.2) is 15.5 Å². The Balaban J connectivity index is 2.00. The summed E-state index contributed by atoms with van der Waals surface area (Å²) in [5, 5.41) is 3.46. The van der Waals surface area contributed by atoms with Gasteiger partial charge in [-0.1, -0.05) is 12.1 Å². The SMILES string of the molecule is CC(C)(C)NCc1nc2c([nH]1)C(C)(C)Oc1ccccc1-2. The Kier molecular flexibility index (Phi) is 3.10. The lowest BCUT2D eigenvalue weighted by molar-refractivity contribution is 0.101. The number of imidazole rings is 1. The summed E-state index contributed by atoms with van der Waals surface area (Å²) >= 11 is 0. The number of para-hydroxylation sites is 1. The second-order valence-corrected chi connectivity index (χ2v) is 7.12. The average molecular weight is 285 g/mol. The molecule has 0 saturated heterocycles. The molecule has 0 saturated carbocycles. The molecule has 112 valence electrons. The van der Waals surface area contributed by atoms with E-state index in [2.05, 4.69) is 51.0 Å². The first kappa shape index (κ1) is 14.1. The number of hydrogen-bond donors (Lipinski definition) is 2. The van der Waals surface area contributed by atoms with Crippen molar-refractivity contribution in [2.45, 2.75) is 52.3 Å². The van der Waals surface area contributed by atoms with Gasteiger partial charge in [0.15, 0.2) is 0 Å². The summed E-state index contributed by atoms with van der Waals surface area (Å²) in [5.41, 5.74) is 2.79. The van der Waals surface area contributed by atoms with Crippen LogP contribution >= 0.6 is 0 Å². The minimum atomic E-state index is -0.392. The third-order valence-electron chi connectivity index (χ3n) is 3.65. The van der Waals surface area contributed by atoms with Gasteiger partial charge in [-0.05, 0) is 46.8 Å². The monoisotopic (exact) mass is 285 g/mol. The number of rotatable bonds is 2. The van der Waals surface area contributed by atoms with Gasteiger partial charge in [-0.15, -0.1) is 0 Å². The zero-order chi connectivity index (χ0) is 15.3. The van der Waals surface area contributed by atoms with Crippen LogP contribution in [0, 0.1) is 0 Å². The number of hydrogen-bond acceptors (Lipinski definition) is 3. The third kappa shape index (κ3) is 2.68. The molecular formula is C17H23N3O. The van der Waals surface area contributed by atoms with Gasteiger partial charge in [0, 0.05) is 11.1 Å². The van der Waals surface area contributed by atoms with Crippen LogP contribution in [0.25, 0.3) is 11.3 Å². The second kappa shape index (κ2) is 4.60. The van der Waals surface area contributed by atoms with Gasteiger partial charge in [0.05, 0.1) is 17.9 Å². The highest BCUT2D eigenvalue weighted by atomic mass is 16.5. The van der Waals surface area contributed by atoms with Crippen molar-refractivity contribution >= 4 is 0 Å². The zero-order valence-corrected chi connectivity index (χ0v) is 13.4. The summed E-state index contributed by atoms with van der Waals surface area (Å²) in [6, 6.07) is 8.08. The molecule has 0 aliphatic carbocycles. The molecule has 1 aromatic heterocycles. The van der Waals surface area contributed by atoms with Crippen molar-refractivity contribution in [1.29, 1.82) is 0 Å². The molecule has 4 nitrogen and oxygen atoms in total. The summed E-state index contributed by atoms with van der Waals surface area (Å²) in [7, 11) is 0. The van der Waals surface area contributed by atoms with E-state index in [4.69, 9.17) is 9.72 Å². The normalized spacial score (nSPS) is 16.0. The number of nitrogens with one attached hydrogen (secondary N) is 2. The Labute approximate surface area is 125 Å². The third-order valence-corrected chi connectivity index (χ3v) is 3.65. The molecule has 0 amide bonds. The first-order valence-electron chi connectivity index (χ1n) is 7.39. The lowest BCUT2D eigenvalue weighted by atomic mass is 9.95. The Hall–Kier alpha value is -1.81. The lowest BCUT2D eigenvalue weighted by Crippen LogP contribution is -2.35. The number of benzene rings is 1. The quantitative estimate of drug-likeness (QED) is 0.886. The summed E-state index contributed by atoms with van der Waals surface area (Å²) in [4.78, 5) is 8.23. The van der Waals surface area contributed by atoms with E-state index in [9.17, 15) is 0 Å². The van der Waals surface area contributed by atoms with E-state index < -0.39 is 5.60 Å². The number of nitrogens with zero attached hydrogens (tertiary/aromatic N) is 1. The van der Waals surface area contributed by atoms with Gasteiger partial charge in [0.25, 0.3) is 0 Å². The maximum absolute atomic E-state index is 6.11. The zero-order valence-electron chi connectivity index (χ0n) is 13.4. The molecule has 3 rings (SSSR count). The van der Waals surface area contributed by atoms with Crippen LogP contribution in [0.1, 0.15) is 46.1 Å². The molecule has 1 aliphatic rings. The molecule has 1 aliphatic heterocycles. The number of aromatic nitrogens is 2. The molecule has 21 heavy (non-hydrogen) atoms. The maximum atomic E-state index is 6.11. The molecule has 1 aromatic carbocycles. The number of H-pyrrole nitrogens is 1. The van der Waals surface area contributed by atoms with Crippen LogP contribution in [0.3, 0.4) is 0 Å². The molecule has 0 unspecified atom stereocenters. The van der Waals surface area contributed by atoms with Gasteiger partial charge in [-0.25, -0.2) is 4.98 Å². The molecule has 2 aromatic rings. The molecule has 0 radical (unpaired) electrons. The minimum Gasteiger partial charge on any atom is -0.481 e. The number of aromatic amines is 1. The largest absolute Gasteiger partial charge is 0.481 e. The van der Waals surface area contributed by atoms with E-state index in [1.807, 2.05) is 18.2 Å². The highest BCUT2D eigenvalue weighted by Crippen LogP contribution is 2.43. The Morgan fingerprint density at radius 1 is 1.24 bits per heavy atom. The van der Waals surface area contributed by atoms with Crippen LogP contribution in [0.4, 0.5) is 0 Å². The van der Waals surface area contributed by atoms with Crippen LogP contribution in [-0.2, 0) is 12.1 Å². The van der Waals surface area contributed by atoms with Gasteiger partial charge < -0.3 is 15.0 Å².